The van der Waals surface area contributed by atoms with Gasteiger partial charge in [-0.3, -0.25) is 4.79 Å². The number of halogens is 4. The van der Waals surface area contributed by atoms with E-state index >= 15 is 0 Å². The summed E-state index contributed by atoms with van der Waals surface area (Å²) < 4.78 is 81.3. The molecule has 130 valence electrons. The molecule has 0 saturated heterocycles. The maximum Gasteiger partial charge on any atom is 0.419 e. The van der Waals surface area contributed by atoms with E-state index in [0.29, 0.717) is 6.07 Å². The van der Waals surface area contributed by atoms with Gasteiger partial charge in [-0.1, -0.05) is 0 Å². The van der Waals surface area contributed by atoms with E-state index < -0.39 is 38.4 Å². The van der Waals surface area contributed by atoms with Crippen molar-refractivity contribution in [2.24, 2.45) is 0 Å². The topological polar surface area (TPSA) is 72.5 Å². The van der Waals surface area contributed by atoms with Crippen LogP contribution in [0.3, 0.4) is 0 Å². The molecule has 0 aliphatic carbocycles. The van der Waals surface area contributed by atoms with Crippen LogP contribution in [0, 0.1) is 5.82 Å². The van der Waals surface area contributed by atoms with E-state index in [0.717, 1.165) is 6.07 Å². The molecule has 1 aromatic carbocycles. The third kappa shape index (κ3) is 5.79. The largest absolute Gasteiger partial charge is 0.466 e. The monoisotopic (exact) mass is 357 g/mol. The molecule has 0 amide bonds. The van der Waals surface area contributed by atoms with E-state index in [-0.39, 0.29) is 32.1 Å². The summed E-state index contributed by atoms with van der Waals surface area (Å²) in [7, 11) is -4.24. The molecule has 1 aromatic rings. The molecule has 0 bridgehead atoms. The van der Waals surface area contributed by atoms with Crippen molar-refractivity contribution in [1.82, 2.24) is 4.72 Å². The van der Waals surface area contributed by atoms with Crippen molar-refractivity contribution in [3.63, 3.8) is 0 Å². The number of rotatable bonds is 7. The molecule has 1 rings (SSSR count). The van der Waals surface area contributed by atoms with Gasteiger partial charge in [-0.2, -0.15) is 13.2 Å². The molecule has 0 aliphatic rings. The van der Waals surface area contributed by atoms with Gasteiger partial charge in [-0.25, -0.2) is 17.5 Å². The van der Waals surface area contributed by atoms with Crippen LogP contribution in [-0.4, -0.2) is 27.5 Å². The maximum absolute atomic E-state index is 13.1. The average Bonchev–Trinajstić information content (AvgIpc) is 2.43. The quantitative estimate of drug-likeness (QED) is 0.462. The van der Waals surface area contributed by atoms with Gasteiger partial charge in [-0.15, -0.1) is 0 Å². The van der Waals surface area contributed by atoms with Crippen LogP contribution in [0.4, 0.5) is 17.6 Å². The smallest absolute Gasteiger partial charge is 0.419 e. The van der Waals surface area contributed by atoms with Crippen molar-refractivity contribution in [3.8, 4) is 0 Å². The zero-order valence-corrected chi connectivity index (χ0v) is 12.9. The summed E-state index contributed by atoms with van der Waals surface area (Å²) in [5, 5.41) is 0. The zero-order chi connectivity index (χ0) is 17.7. The Labute approximate surface area is 130 Å². The first-order valence-corrected chi connectivity index (χ1v) is 8.08. The molecule has 0 spiro atoms. The Balaban J connectivity index is 2.76. The standard InChI is InChI=1S/C13H15F4NO4S/c1-2-22-12(19)4-3-7-18-23(20,21)9-5-6-11(14)10(8-9)13(15,16)17/h5-6,8,18H,2-4,7H2,1H3. The second-order valence-corrected chi connectivity index (χ2v) is 6.21. The van der Waals surface area contributed by atoms with Crippen LogP contribution in [0.15, 0.2) is 23.1 Å². The fourth-order valence-corrected chi connectivity index (χ4v) is 2.74. The van der Waals surface area contributed by atoms with Crippen LogP contribution in [0.2, 0.25) is 0 Å². The van der Waals surface area contributed by atoms with Crippen molar-refractivity contribution in [2.45, 2.75) is 30.8 Å². The number of sulfonamides is 1. The van der Waals surface area contributed by atoms with Gasteiger partial charge in [0, 0.05) is 13.0 Å². The lowest BCUT2D eigenvalue weighted by molar-refractivity contribution is -0.143. The van der Waals surface area contributed by atoms with E-state index in [4.69, 9.17) is 0 Å². The summed E-state index contributed by atoms with van der Waals surface area (Å²) in [6, 6.07) is 1.40. The molecule has 0 aliphatic heterocycles. The summed E-state index contributed by atoms with van der Waals surface area (Å²) in [4.78, 5) is 10.4. The number of carbonyl (C=O) groups is 1. The Morgan fingerprint density at radius 3 is 2.52 bits per heavy atom. The molecule has 10 heteroatoms. The summed E-state index contributed by atoms with van der Waals surface area (Å²) >= 11 is 0. The SMILES string of the molecule is CCOC(=O)CCCNS(=O)(=O)c1ccc(F)c(C(F)(F)F)c1. The Bertz CT molecular complexity index is 658. The molecule has 23 heavy (non-hydrogen) atoms. The van der Waals surface area contributed by atoms with Crippen molar-refractivity contribution in [2.75, 3.05) is 13.2 Å². The van der Waals surface area contributed by atoms with Gasteiger partial charge < -0.3 is 4.74 Å². The van der Waals surface area contributed by atoms with E-state index in [2.05, 4.69) is 4.74 Å². The zero-order valence-electron chi connectivity index (χ0n) is 12.1. The predicted molar refractivity (Wildman–Crippen MR) is 72.5 cm³/mol. The predicted octanol–water partition coefficient (Wildman–Crippen LogP) is 2.47. The highest BCUT2D eigenvalue weighted by atomic mass is 32.2. The van der Waals surface area contributed by atoms with Crippen LogP contribution >= 0.6 is 0 Å². The molecule has 1 N–H and O–H groups in total. The Kier molecular flexibility index (Phi) is 6.51. The van der Waals surface area contributed by atoms with Gasteiger partial charge in [-0.05, 0) is 31.5 Å². The number of benzene rings is 1. The van der Waals surface area contributed by atoms with Crippen LogP contribution < -0.4 is 4.72 Å². The molecule has 0 heterocycles. The maximum atomic E-state index is 13.1. The van der Waals surface area contributed by atoms with E-state index in [9.17, 15) is 30.8 Å². The highest BCUT2D eigenvalue weighted by molar-refractivity contribution is 7.89. The van der Waals surface area contributed by atoms with E-state index in [1.54, 1.807) is 6.92 Å². The van der Waals surface area contributed by atoms with Crippen molar-refractivity contribution >= 4 is 16.0 Å². The van der Waals surface area contributed by atoms with Crippen LogP contribution in [0.1, 0.15) is 25.3 Å². The molecule has 5 nitrogen and oxygen atoms in total. The molecule has 0 fully saturated rings. The minimum Gasteiger partial charge on any atom is -0.466 e. The lowest BCUT2D eigenvalue weighted by Gasteiger charge is -2.11. The summed E-state index contributed by atoms with van der Waals surface area (Å²) in [5.74, 6) is -2.06. The van der Waals surface area contributed by atoms with E-state index in [1.165, 1.54) is 0 Å². The van der Waals surface area contributed by atoms with Crippen LogP contribution in [0.5, 0.6) is 0 Å². The minimum absolute atomic E-state index is 0.0341. The Morgan fingerprint density at radius 2 is 1.96 bits per heavy atom. The molecular weight excluding hydrogens is 342 g/mol. The van der Waals surface area contributed by atoms with Gasteiger partial charge in [0.2, 0.25) is 10.0 Å². The van der Waals surface area contributed by atoms with Crippen molar-refractivity contribution in [3.05, 3.63) is 29.6 Å². The number of carbonyl (C=O) groups excluding carboxylic acids is 1. The first-order valence-electron chi connectivity index (χ1n) is 6.60. The van der Waals surface area contributed by atoms with Crippen molar-refractivity contribution in [1.29, 1.82) is 0 Å². The van der Waals surface area contributed by atoms with Gasteiger partial charge in [0.05, 0.1) is 17.1 Å². The average molecular weight is 357 g/mol. The summed E-state index contributed by atoms with van der Waals surface area (Å²) in [5.41, 5.74) is -1.66. The van der Waals surface area contributed by atoms with Gasteiger partial charge in [0.25, 0.3) is 0 Å². The highest BCUT2D eigenvalue weighted by Gasteiger charge is 2.35. The number of ether oxygens (including phenoxy) is 1. The van der Waals surface area contributed by atoms with E-state index in [1.807, 2.05) is 4.72 Å². The summed E-state index contributed by atoms with van der Waals surface area (Å²) in [6.07, 6.45) is -4.92. The van der Waals surface area contributed by atoms with Crippen molar-refractivity contribution < 1.29 is 35.5 Å². The Hall–Kier alpha value is -1.68. The second kappa shape index (κ2) is 7.73. The van der Waals surface area contributed by atoms with Gasteiger partial charge in [0.1, 0.15) is 5.82 Å². The molecule has 0 radical (unpaired) electrons. The minimum atomic E-state index is -5.00. The fourth-order valence-electron chi connectivity index (χ4n) is 1.64. The second-order valence-electron chi connectivity index (χ2n) is 4.45. The third-order valence-corrected chi connectivity index (χ3v) is 4.17. The fraction of sp³-hybridized carbons (Fsp3) is 0.462. The lowest BCUT2D eigenvalue weighted by atomic mass is 10.2. The number of hydrogen-bond acceptors (Lipinski definition) is 4. The first kappa shape index (κ1) is 19.4. The van der Waals surface area contributed by atoms with Crippen LogP contribution in [0.25, 0.3) is 0 Å². The summed E-state index contributed by atoms with van der Waals surface area (Å²) in [6.45, 7) is 1.65. The molecule has 0 unspecified atom stereocenters. The first-order chi connectivity index (χ1) is 10.6. The number of nitrogens with one attached hydrogen (secondary N) is 1. The number of hydrogen-bond donors (Lipinski definition) is 1. The normalized spacial score (nSPS) is 12.2. The molecule has 0 aromatic heterocycles. The highest BCUT2D eigenvalue weighted by Crippen LogP contribution is 2.32. The lowest BCUT2D eigenvalue weighted by Crippen LogP contribution is -2.26. The molecule has 0 atom stereocenters. The third-order valence-electron chi connectivity index (χ3n) is 2.71. The molecular formula is C13H15F4NO4S. The number of alkyl halides is 3. The molecule has 0 saturated carbocycles. The number of esters is 1. The van der Waals surface area contributed by atoms with Gasteiger partial charge in [0.15, 0.2) is 0 Å². The van der Waals surface area contributed by atoms with Gasteiger partial charge >= 0.3 is 12.1 Å². The van der Waals surface area contributed by atoms with Crippen LogP contribution in [-0.2, 0) is 25.7 Å². The Morgan fingerprint density at radius 1 is 1.30 bits per heavy atom.